The number of rotatable bonds is 4. The van der Waals surface area contributed by atoms with Crippen molar-refractivity contribution in [3.63, 3.8) is 0 Å². The van der Waals surface area contributed by atoms with Crippen LogP contribution in [0, 0.1) is 0 Å². The summed E-state index contributed by atoms with van der Waals surface area (Å²) in [6, 6.07) is 8.17. The summed E-state index contributed by atoms with van der Waals surface area (Å²) in [5, 5.41) is 13.8. The van der Waals surface area contributed by atoms with Crippen LogP contribution in [0.4, 0.5) is 10.5 Å². The van der Waals surface area contributed by atoms with Gasteiger partial charge in [0.25, 0.3) is 0 Å². The van der Waals surface area contributed by atoms with Crippen LogP contribution in [0.1, 0.15) is 38.0 Å². The van der Waals surface area contributed by atoms with Gasteiger partial charge in [0.05, 0.1) is 12.8 Å². The number of benzene rings is 1. The summed E-state index contributed by atoms with van der Waals surface area (Å²) in [5.41, 5.74) is 0.614. The van der Waals surface area contributed by atoms with E-state index in [1.54, 1.807) is 57.3 Å². The number of ether oxygens (including phenoxy) is 2. The molecule has 2 rings (SSSR count). The monoisotopic (exact) mass is 364 g/mol. The molecule has 0 aliphatic carbocycles. The van der Waals surface area contributed by atoms with Crippen molar-refractivity contribution < 1.29 is 19.4 Å². The fourth-order valence-electron chi connectivity index (χ4n) is 2.24. The number of hydrogen-bond acceptors (Lipinski definition) is 5. The molecular weight excluding hydrogens is 344 g/mol. The second kappa shape index (κ2) is 7.72. The molecule has 1 unspecified atom stereocenters. The van der Waals surface area contributed by atoms with E-state index in [9.17, 15) is 9.90 Å². The van der Waals surface area contributed by atoms with Gasteiger partial charge in [-0.3, -0.25) is 5.32 Å². The Labute approximate surface area is 151 Å². The van der Waals surface area contributed by atoms with E-state index in [2.05, 4.69) is 10.3 Å². The summed E-state index contributed by atoms with van der Waals surface area (Å²) in [6.07, 6.45) is -0.152. The van der Waals surface area contributed by atoms with Gasteiger partial charge >= 0.3 is 6.09 Å². The summed E-state index contributed by atoms with van der Waals surface area (Å²) >= 11 is 6.06. The first-order valence-electron chi connectivity index (χ1n) is 7.67. The molecule has 0 spiro atoms. The number of nitrogens with one attached hydrogen (secondary N) is 1. The Balaban J connectivity index is 2.37. The molecule has 0 saturated carbocycles. The molecule has 2 N–H and O–H groups in total. The van der Waals surface area contributed by atoms with E-state index in [1.807, 2.05) is 0 Å². The highest BCUT2D eigenvalue weighted by Crippen LogP contribution is 2.34. The Kier molecular flexibility index (Phi) is 5.87. The van der Waals surface area contributed by atoms with Crippen LogP contribution in [-0.4, -0.2) is 28.9 Å². The van der Waals surface area contributed by atoms with Crippen molar-refractivity contribution in [1.82, 2.24) is 4.98 Å². The maximum Gasteiger partial charge on any atom is 0.412 e. The largest absolute Gasteiger partial charge is 0.481 e. The zero-order valence-electron chi connectivity index (χ0n) is 14.5. The second-order valence-corrected chi connectivity index (χ2v) is 6.80. The van der Waals surface area contributed by atoms with Crippen molar-refractivity contribution >= 4 is 23.4 Å². The Morgan fingerprint density at radius 3 is 2.64 bits per heavy atom. The van der Waals surface area contributed by atoms with Gasteiger partial charge in [-0.15, -0.1) is 0 Å². The highest BCUT2D eigenvalue weighted by molar-refractivity contribution is 6.30. The Morgan fingerprint density at radius 2 is 2.00 bits per heavy atom. The number of pyridine rings is 1. The maximum absolute atomic E-state index is 12.1. The van der Waals surface area contributed by atoms with Gasteiger partial charge in [-0.2, -0.15) is 0 Å². The number of methoxy groups -OCH3 is 1. The first-order chi connectivity index (χ1) is 11.7. The van der Waals surface area contributed by atoms with Gasteiger partial charge in [-0.25, -0.2) is 9.78 Å². The van der Waals surface area contributed by atoms with Gasteiger partial charge in [0.15, 0.2) is 0 Å². The van der Waals surface area contributed by atoms with Crippen LogP contribution in [0.2, 0.25) is 5.02 Å². The molecule has 0 radical (unpaired) electrons. The number of carbonyl (C=O) groups excluding carboxylic acids is 1. The van der Waals surface area contributed by atoms with Crippen molar-refractivity contribution in [1.29, 1.82) is 0 Å². The first kappa shape index (κ1) is 19.0. The van der Waals surface area contributed by atoms with Crippen LogP contribution < -0.4 is 10.1 Å². The van der Waals surface area contributed by atoms with Crippen LogP contribution in [0.15, 0.2) is 36.5 Å². The molecular formula is C18H21ClN2O4. The normalized spacial score (nSPS) is 12.4. The van der Waals surface area contributed by atoms with Crippen molar-refractivity contribution in [2.45, 2.75) is 32.5 Å². The minimum atomic E-state index is -1.09. The van der Waals surface area contributed by atoms with Crippen molar-refractivity contribution in [2.24, 2.45) is 0 Å². The molecule has 1 aromatic heterocycles. The maximum atomic E-state index is 12.1. The summed E-state index contributed by atoms with van der Waals surface area (Å²) in [4.78, 5) is 16.1. The summed E-state index contributed by atoms with van der Waals surface area (Å²) in [7, 11) is 1.47. The van der Waals surface area contributed by atoms with Crippen LogP contribution in [0.5, 0.6) is 5.88 Å². The summed E-state index contributed by atoms with van der Waals surface area (Å²) < 4.78 is 10.4. The standard InChI is InChI=1S/C18H21ClN2O4/c1-18(2,3)25-17(23)21-14-8-7-11(19)10-13(14)15(22)12-6-5-9-20-16(12)24-4/h5-10,15,22H,1-4H3,(H,21,23). The molecule has 25 heavy (non-hydrogen) atoms. The van der Waals surface area contributed by atoms with E-state index in [0.29, 0.717) is 21.8 Å². The SMILES string of the molecule is COc1ncccc1C(O)c1cc(Cl)ccc1NC(=O)OC(C)(C)C. The fraction of sp³-hybridized carbons (Fsp3) is 0.333. The van der Waals surface area contributed by atoms with Gasteiger partial charge in [0.2, 0.25) is 5.88 Å². The molecule has 134 valence electrons. The third-order valence-electron chi connectivity index (χ3n) is 3.23. The molecule has 0 bridgehead atoms. The van der Waals surface area contributed by atoms with E-state index >= 15 is 0 Å². The van der Waals surface area contributed by atoms with Gasteiger partial charge in [0.1, 0.15) is 11.7 Å². The zero-order valence-corrected chi connectivity index (χ0v) is 15.3. The van der Waals surface area contributed by atoms with Gasteiger partial charge in [-0.05, 0) is 51.1 Å². The second-order valence-electron chi connectivity index (χ2n) is 6.36. The highest BCUT2D eigenvalue weighted by atomic mass is 35.5. The van der Waals surface area contributed by atoms with E-state index in [1.165, 1.54) is 7.11 Å². The molecule has 1 aromatic carbocycles. The highest BCUT2D eigenvalue weighted by Gasteiger charge is 2.22. The molecule has 6 nitrogen and oxygen atoms in total. The Morgan fingerprint density at radius 1 is 1.28 bits per heavy atom. The first-order valence-corrected chi connectivity index (χ1v) is 8.05. The van der Waals surface area contributed by atoms with Crippen molar-refractivity contribution in [3.05, 3.63) is 52.7 Å². The average molecular weight is 365 g/mol. The van der Waals surface area contributed by atoms with Crippen LogP contribution in [-0.2, 0) is 4.74 Å². The van der Waals surface area contributed by atoms with Crippen molar-refractivity contribution in [3.8, 4) is 5.88 Å². The molecule has 0 aliphatic rings. The number of aliphatic hydroxyl groups excluding tert-OH is 1. The van der Waals surface area contributed by atoms with Crippen LogP contribution in [0.25, 0.3) is 0 Å². The molecule has 0 aliphatic heterocycles. The number of hydrogen-bond donors (Lipinski definition) is 2. The summed E-state index contributed by atoms with van der Waals surface area (Å²) in [6.45, 7) is 5.31. The molecule has 1 amide bonds. The van der Waals surface area contributed by atoms with E-state index < -0.39 is 17.8 Å². The Bertz CT molecular complexity index is 759. The topological polar surface area (TPSA) is 80.7 Å². The van der Waals surface area contributed by atoms with Crippen LogP contribution in [0.3, 0.4) is 0 Å². The molecule has 1 heterocycles. The molecule has 2 aromatic rings. The van der Waals surface area contributed by atoms with Crippen molar-refractivity contribution in [2.75, 3.05) is 12.4 Å². The minimum absolute atomic E-state index is 0.290. The number of anilines is 1. The predicted octanol–water partition coefficient (Wildman–Crippen LogP) is 4.17. The van der Waals surface area contributed by atoms with Gasteiger partial charge < -0.3 is 14.6 Å². The minimum Gasteiger partial charge on any atom is -0.481 e. The smallest absolute Gasteiger partial charge is 0.412 e. The number of aliphatic hydroxyl groups is 1. The number of carbonyl (C=O) groups is 1. The number of nitrogens with zero attached hydrogens (tertiary/aromatic N) is 1. The third-order valence-corrected chi connectivity index (χ3v) is 3.47. The predicted molar refractivity (Wildman–Crippen MR) is 96.2 cm³/mol. The fourth-order valence-corrected chi connectivity index (χ4v) is 2.42. The van der Waals surface area contributed by atoms with E-state index in [-0.39, 0.29) is 5.88 Å². The molecule has 7 heteroatoms. The number of aromatic nitrogens is 1. The Hall–Kier alpha value is -2.31. The molecule has 1 atom stereocenters. The average Bonchev–Trinajstić information content (AvgIpc) is 2.54. The quantitative estimate of drug-likeness (QED) is 0.850. The van der Waals surface area contributed by atoms with E-state index in [4.69, 9.17) is 21.1 Å². The number of amides is 1. The third kappa shape index (κ3) is 5.08. The molecule has 0 saturated heterocycles. The van der Waals surface area contributed by atoms with E-state index in [0.717, 1.165) is 0 Å². The van der Waals surface area contributed by atoms with Gasteiger partial charge in [-0.1, -0.05) is 11.6 Å². The number of halogens is 1. The summed E-state index contributed by atoms with van der Waals surface area (Å²) in [5.74, 6) is 0.290. The van der Waals surface area contributed by atoms with Crippen LogP contribution >= 0.6 is 11.6 Å². The zero-order chi connectivity index (χ0) is 18.6. The lowest BCUT2D eigenvalue weighted by Crippen LogP contribution is -2.27. The van der Waals surface area contributed by atoms with Gasteiger partial charge in [0, 0.05) is 22.3 Å². The lowest BCUT2D eigenvalue weighted by Gasteiger charge is -2.22. The lowest BCUT2D eigenvalue weighted by molar-refractivity contribution is 0.0635. The molecule has 0 fully saturated rings. The lowest BCUT2D eigenvalue weighted by atomic mass is 10.0.